The second-order valence-corrected chi connectivity index (χ2v) is 3.12. The van der Waals surface area contributed by atoms with E-state index in [-0.39, 0.29) is 5.56 Å². The van der Waals surface area contributed by atoms with Gasteiger partial charge in [-0.15, -0.1) is 0 Å². The Morgan fingerprint density at radius 2 is 2.00 bits per heavy atom. The Morgan fingerprint density at radius 1 is 1.29 bits per heavy atom. The lowest BCUT2D eigenvalue weighted by atomic mass is 10.1. The summed E-state index contributed by atoms with van der Waals surface area (Å²) >= 11 is 0. The van der Waals surface area contributed by atoms with E-state index in [1.807, 2.05) is 0 Å². The topological polar surface area (TPSA) is 23.3 Å². The molecular weight excluding hydrogens is 188 g/mol. The first-order valence-electron chi connectivity index (χ1n) is 4.48. The van der Waals surface area contributed by atoms with Gasteiger partial charge in [0.25, 0.3) is 0 Å². The Morgan fingerprint density at radius 3 is 2.57 bits per heavy atom. The van der Waals surface area contributed by atoms with Gasteiger partial charge in [0.15, 0.2) is 0 Å². The highest BCUT2D eigenvalue weighted by Gasteiger charge is 2.23. The van der Waals surface area contributed by atoms with Crippen LogP contribution in [-0.2, 0) is 4.74 Å². The van der Waals surface area contributed by atoms with Crippen LogP contribution in [0.1, 0.15) is 11.7 Å². The second-order valence-electron chi connectivity index (χ2n) is 3.12. The summed E-state index contributed by atoms with van der Waals surface area (Å²) in [5.74, 6) is -1.13. The lowest BCUT2D eigenvalue weighted by molar-refractivity contribution is 0.0216. The third kappa shape index (κ3) is 1.76. The van der Waals surface area contributed by atoms with Crippen LogP contribution < -0.4 is 5.32 Å². The Kier molecular flexibility index (Phi) is 2.74. The summed E-state index contributed by atoms with van der Waals surface area (Å²) in [5.41, 5.74) is -0.00375. The highest BCUT2D eigenvalue weighted by atomic mass is 19.1. The second kappa shape index (κ2) is 4.02. The van der Waals surface area contributed by atoms with E-state index in [0.29, 0.717) is 19.7 Å². The van der Waals surface area contributed by atoms with Crippen molar-refractivity contribution < 1.29 is 13.5 Å². The van der Waals surface area contributed by atoms with Crippen molar-refractivity contribution in [3.8, 4) is 0 Å². The van der Waals surface area contributed by atoms with E-state index in [4.69, 9.17) is 4.74 Å². The monoisotopic (exact) mass is 198 g/mol. The van der Waals surface area contributed by atoms with Crippen LogP contribution in [0.4, 0.5) is 8.78 Å². The van der Waals surface area contributed by atoms with Crippen molar-refractivity contribution in [2.45, 2.75) is 6.10 Å². The van der Waals surface area contributed by atoms with Crippen LogP contribution in [0.5, 0.6) is 0 Å². The minimum Gasteiger partial charge on any atom is -0.371 e. The largest absolute Gasteiger partial charge is 0.371 e. The number of halogens is 2. The molecule has 4 heteroatoms. The fourth-order valence-electron chi connectivity index (χ4n) is 1.51. The standard InChI is InChI=1S/C10H10F2NO/c11-7-2-1-3-8(12)10(7)9-6-13-4-5-14-9/h1-3,9H,4-6H2. The first-order valence-corrected chi connectivity index (χ1v) is 4.48. The van der Waals surface area contributed by atoms with Crippen LogP contribution in [0.25, 0.3) is 0 Å². The zero-order chi connectivity index (χ0) is 9.97. The SMILES string of the molecule is Fc1cccc(F)c1C1C[N]CCO1. The minimum atomic E-state index is -0.565. The molecule has 0 aromatic heterocycles. The fraction of sp³-hybridized carbons (Fsp3) is 0.400. The number of morpholine rings is 1. The molecule has 1 heterocycles. The molecule has 1 aliphatic rings. The molecule has 1 aliphatic heterocycles. The molecule has 1 radical (unpaired) electrons. The molecule has 2 rings (SSSR count). The number of hydrogen-bond acceptors (Lipinski definition) is 1. The third-order valence-electron chi connectivity index (χ3n) is 2.19. The van der Waals surface area contributed by atoms with Gasteiger partial charge in [0.1, 0.15) is 17.7 Å². The molecule has 1 aromatic carbocycles. The Balaban J connectivity index is 2.29. The van der Waals surface area contributed by atoms with E-state index < -0.39 is 17.7 Å². The molecule has 1 atom stereocenters. The molecule has 0 amide bonds. The third-order valence-corrected chi connectivity index (χ3v) is 2.19. The number of rotatable bonds is 1. The molecule has 0 bridgehead atoms. The van der Waals surface area contributed by atoms with Gasteiger partial charge < -0.3 is 4.74 Å². The lowest BCUT2D eigenvalue weighted by Gasteiger charge is -2.23. The van der Waals surface area contributed by atoms with Crippen molar-refractivity contribution >= 4 is 0 Å². The first-order chi connectivity index (χ1) is 6.79. The van der Waals surface area contributed by atoms with Crippen LogP contribution in [0, 0.1) is 11.6 Å². The zero-order valence-electron chi connectivity index (χ0n) is 7.54. The number of ether oxygens (including phenoxy) is 1. The van der Waals surface area contributed by atoms with Gasteiger partial charge in [-0.3, -0.25) is 0 Å². The van der Waals surface area contributed by atoms with E-state index in [2.05, 4.69) is 5.32 Å². The van der Waals surface area contributed by atoms with Crippen molar-refractivity contribution in [3.05, 3.63) is 35.4 Å². The molecule has 14 heavy (non-hydrogen) atoms. The van der Waals surface area contributed by atoms with Gasteiger partial charge in [-0.2, -0.15) is 0 Å². The molecule has 2 nitrogen and oxygen atoms in total. The van der Waals surface area contributed by atoms with E-state index in [0.717, 1.165) is 0 Å². The lowest BCUT2D eigenvalue weighted by Crippen LogP contribution is -2.29. The van der Waals surface area contributed by atoms with Crippen molar-refractivity contribution in [2.75, 3.05) is 19.7 Å². The summed E-state index contributed by atoms with van der Waals surface area (Å²) in [6.45, 7) is 1.36. The molecule has 0 aliphatic carbocycles. The molecule has 1 fully saturated rings. The molecule has 1 saturated heterocycles. The number of benzene rings is 1. The van der Waals surface area contributed by atoms with Crippen LogP contribution in [0.2, 0.25) is 0 Å². The quantitative estimate of drug-likeness (QED) is 0.672. The Labute approximate surface area is 80.9 Å². The van der Waals surface area contributed by atoms with E-state index in [1.165, 1.54) is 18.2 Å². The van der Waals surface area contributed by atoms with Gasteiger partial charge >= 0.3 is 0 Å². The maximum atomic E-state index is 13.3. The fourth-order valence-corrected chi connectivity index (χ4v) is 1.51. The van der Waals surface area contributed by atoms with E-state index >= 15 is 0 Å². The highest BCUT2D eigenvalue weighted by molar-refractivity contribution is 5.22. The Hall–Kier alpha value is -1.00. The zero-order valence-corrected chi connectivity index (χ0v) is 7.54. The van der Waals surface area contributed by atoms with Gasteiger partial charge in [0.05, 0.1) is 12.2 Å². The van der Waals surface area contributed by atoms with Gasteiger partial charge in [-0.25, -0.2) is 14.1 Å². The Bertz CT molecular complexity index is 304. The molecule has 0 spiro atoms. The average Bonchev–Trinajstić information content (AvgIpc) is 2.19. The maximum absolute atomic E-state index is 13.3. The molecule has 1 unspecified atom stereocenters. The summed E-state index contributed by atoms with van der Waals surface area (Å²) < 4.78 is 31.8. The highest BCUT2D eigenvalue weighted by Crippen LogP contribution is 2.24. The molecule has 1 aromatic rings. The molecule has 0 N–H and O–H groups in total. The van der Waals surface area contributed by atoms with Crippen molar-refractivity contribution in [1.29, 1.82) is 0 Å². The van der Waals surface area contributed by atoms with Gasteiger partial charge in [0, 0.05) is 13.1 Å². The summed E-state index contributed by atoms with van der Waals surface area (Å²) in [5, 5.41) is 4.06. The van der Waals surface area contributed by atoms with Crippen LogP contribution in [0.3, 0.4) is 0 Å². The summed E-state index contributed by atoms with van der Waals surface area (Å²) in [6.07, 6.45) is -0.565. The number of hydrogen-bond donors (Lipinski definition) is 0. The van der Waals surface area contributed by atoms with Crippen LogP contribution >= 0.6 is 0 Å². The first kappa shape index (κ1) is 9.55. The molecule has 75 valence electrons. The predicted octanol–water partition coefficient (Wildman–Crippen LogP) is 1.64. The van der Waals surface area contributed by atoms with Crippen molar-refractivity contribution in [2.24, 2.45) is 0 Å². The maximum Gasteiger partial charge on any atom is 0.132 e. The van der Waals surface area contributed by atoms with Crippen LogP contribution in [-0.4, -0.2) is 19.7 Å². The minimum absolute atomic E-state index is 0.00375. The van der Waals surface area contributed by atoms with Gasteiger partial charge in [-0.05, 0) is 12.1 Å². The average molecular weight is 198 g/mol. The number of nitrogens with zero attached hydrogens (tertiary/aromatic N) is 1. The van der Waals surface area contributed by atoms with E-state index in [9.17, 15) is 8.78 Å². The normalized spacial score (nSPS) is 22.3. The molecule has 0 saturated carbocycles. The van der Waals surface area contributed by atoms with Crippen LogP contribution in [0.15, 0.2) is 18.2 Å². The summed E-state index contributed by atoms with van der Waals surface area (Å²) in [7, 11) is 0. The van der Waals surface area contributed by atoms with Gasteiger partial charge in [-0.1, -0.05) is 6.07 Å². The van der Waals surface area contributed by atoms with Crippen molar-refractivity contribution in [1.82, 2.24) is 5.32 Å². The predicted molar refractivity (Wildman–Crippen MR) is 46.9 cm³/mol. The van der Waals surface area contributed by atoms with Crippen molar-refractivity contribution in [3.63, 3.8) is 0 Å². The molecular formula is C10H10F2NO. The summed E-state index contributed by atoms with van der Waals surface area (Å²) in [6, 6.07) is 3.81. The smallest absolute Gasteiger partial charge is 0.132 e. The van der Waals surface area contributed by atoms with Gasteiger partial charge in [0.2, 0.25) is 0 Å². The van der Waals surface area contributed by atoms with E-state index in [1.54, 1.807) is 0 Å². The summed E-state index contributed by atoms with van der Waals surface area (Å²) in [4.78, 5) is 0.